The first kappa shape index (κ1) is 15.7. The summed E-state index contributed by atoms with van der Waals surface area (Å²) in [6.45, 7) is 1.78. The molecule has 5 nitrogen and oxygen atoms in total. The van der Waals surface area contributed by atoms with E-state index >= 15 is 0 Å². The van der Waals surface area contributed by atoms with E-state index < -0.39 is 15.8 Å². The summed E-state index contributed by atoms with van der Waals surface area (Å²) in [6, 6.07) is 7.42. The molecule has 0 radical (unpaired) electrons. The first-order chi connectivity index (χ1) is 9.81. The fourth-order valence-electron chi connectivity index (χ4n) is 1.80. The maximum atomic E-state index is 12.5. The van der Waals surface area contributed by atoms with Crippen LogP contribution in [0.3, 0.4) is 0 Å². The molecule has 2 aromatic rings. The van der Waals surface area contributed by atoms with Gasteiger partial charge in [0.2, 0.25) is 0 Å². The zero-order valence-corrected chi connectivity index (χ0v) is 13.5. The van der Waals surface area contributed by atoms with E-state index in [2.05, 4.69) is 20.9 Å². The Balaban J connectivity index is 2.47. The molecule has 0 atom stereocenters. The first-order valence-electron chi connectivity index (χ1n) is 5.97. The molecule has 0 saturated carbocycles. The third-order valence-corrected chi connectivity index (χ3v) is 5.57. The van der Waals surface area contributed by atoms with Gasteiger partial charge in [-0.1, -0.05) is 6.07 Å². The molecule has 1 aromatic carbocycles. The Labute approximate surface area is 130 Å². The van der Waals surface area contributed by atoms with E-state index in [0.717, 1.165) is 11.6 Å². The van der Waals surface area contributed by atoms with Gasteiger partial charge in [0.25, 0.3) is 0 Å². The molecule has 7 heteroatoms. The molecule has 0 saturated heterocycles. The monoisotopic (exact) mass is 369 g/mol. The number of pyridine rings is 1. The number of hydrogen-bond donors (Lipinski definition) is 1. The van der Waals surface area contributed by atoms with Crippen molar-refractivity contribution in [1.82, 2.24) is 4.98 Å². The predicted octanol–water partition coefficient (Wildman–Crippen LogP) is 2.82. The van der Waals surface area contributed by atoms with Gasteiger partial charge >= 0.3 is 5.97 Å². The number of rotatable bonds is 4. The van der Waals surface area contributed by atoms with Gasteiger partial charge in [-0.2, -0.15) is 0 Å². The van der Waals surface area contributed by atoms with Crippen LogP contribution in [0.5, 0.6) is 0 Å². The fourth-order valence-corrected chi connectivity index (χ4v) is 4.28. The molecule has 0 fully saturated rings. The Morgan fingerprint density at radius 1 is 1.33 bits per heavy atom. The third-order valence-electron chi connectivity index (χ3n) is 2.96. The summed E-state index contributed by atoms with van der Waals surface area (Å²) in [4.78, 5) is 15.0. The molecule has 1 N–H and O–H groups in total. The summed E-state index contributed by atoms with van der Waals surface area (Å²) in [5.41, 5.74) is 1.14. The van der Waals surface area contributed by atoms with Crippen LogP contribution in [-0.2, 0) is 15.6 Å². The van der Waals surface area contributed by atoms with Gasteiger partial charge in [0, 0.05) is 10.7 Å². The van der Waals surface area contributed by atoms with E-state index in [4.69, 9.17) is 5.11 Å². The molecular formula is C14H12BrNO4S. The van der Waals surface area contributed by atoms with Crippen molar-refractivity contribution in [2.45, 2.75) is 17.6 Å². The number of carboxylic acid groups (broad SMARTS) is 1. The van der Waals surface area contributed by atoms with Crippen molar-refractivity contribution in [1.29, 1.82) is 0 Å². The number of carboxylic acids is 1. The van der Waals surface area contributed by atoms with Crippen molar-refractivity contribution in [3.8, 4) is 0 Å². The lowest BCUT2D eigenvalue weighted by molar-refractivity contribution is 0.0696. The van der Waals surface area contributed by atoms with Gasteiger partial charge in [-0.3, -0.25) is 4.98 Å². The van der Waals surface area contributed by atoms with Gasteiger partial charge in [0.15, 0.2) is 9.84 Å². The topological polar surface area (TPSA) is 84.3 Å². The number of aryl methyl sites for hydroxylation is 1. The Kier molecular flexibility index (Phi) is 4.43. The van der Waals surface area contributed by atoms with E-state index in [0.29, 0.717) is 10.2 Å². The van der Waals surface area contributed by atoms with Crippen LogP contribution in [0, 0.1) is 6.92 Å². The van der Waals surface area contributed by atoms with Crippen LogP contribution in [-0.4, -0.2) is 24.5 Å². The van der Waals surface area contributed by atoms with Gasteiger partial charge < -0.3 is 5.11 Å². The number of sulfone groups is 1. The average molecular weight is 370 g/mol. The van der Waals surface area contributed by atoms with Crippen molar-refractivity contribution < 1.29 is 18.3 Å². The highest BCUT2D eigenvalue weighted by molar-refractivity contribution is 9.10. The molecule has 21 heavy (non-hydrogen) atoms. The highest BCUT2D eigenvalue weighted by Crippen LogP contribution is 2.26. The largest absolute Gasteiger partial charge is 0.478 e. The van der Waals surface area contributed by atoms with E-state index in [1.54, 1.807) is 19.1 Å². The van der Waals surface area contributed by atoms with Gasteiger partial charge in [-0.05, 0) is 52.7 Å². The number of halogens is 1. The van der Waals surface area contributed by atoms with Crippen LogP contribution in [0.2, 0.25) is 0 Å². The molecule has 0 aliphatic carbocycles. The maximum Gasteiger partial charge on any atom is 0.335 e. The van der Waals surface area contributed by atoms with E-state index in [1.165, 1.54) is 18.3 Å². The first-order valence-corrected chi connectivity index (χ1v) is 8.42. The van der Waals surface area contributed by atoms with E-state index in [1.807, 2.05) is 0 Å². The van der Waals surface area contributed by atoms with Gasteiger partial charge in [0.05, 0.1) is 21.9 Å². The van der Waals surface area contributed by atoms with Gasteiger partial charge in [-0.15, -0.1) is 0 Å². The smallest absolute Gasteiger partial charge is 0.335 e. The van der Waals surface area contributed by atoms with Crippen LogP contribution in [0.1, 0.15) is 21.6 Å². The molecule has 0 aliphatic heterocycles. The van der Waals surface area contributed by atoms with Crippen molar-refractivity contribution in [3.05, 3.63) is 57.8 Å². The second-order valence-electron chi connectivity index (χ2n) is 4.48. The molecule has 1 aromatic heterocycles. The molecule has 0 aliphatic rings. The van der Waals surface area contributed by atoms with Crippen LogP contribution in [0.15, 0.2) is 45.9 Å². The number of aromatic nitrogens is 1. The SMILES string of the molecule is Cc1cccnc1CS(=O)(=O)c1cc(C(=O)O)ccc1Br. The minimum Gasteiger partial charge on any atom is -0.478 e. The van der Waals surface area contributed by atoms with E-state index in [-0.39, 0.29) is 16.2 Å². The number of nitrogens with zero attached hydrogens (tertiary/aromatic N) is 1. The minimum atomic E-state index is -3.70. The molecule has 0 spiro atoms. The summed E-state index contributed by atoms with van der Waals surface area (Å²) < 4.78 is 25.3. The lowest BCUT2D eigenvalue weighted by Crippen LogP contribution is -2.10. The number of benzene rings is 1. The summed E-state index contributed by atoms with van der Waals surface area (Å²) in [5.74, 6) is -1.45. The van der Waals surface area contributed by atoms with Gasteiger partial charge in [-0.25, -0.2) is 13.2 Å². The maximum absolute atomic E-state index is 12.5. The quantitative estimate of drug-likeness (QED) is 0.895. The Hall–Kier alpha value is -1.73. The Morgan fingerprint density at radius 2 is 2.05 bits per heavy atom. The van der Waals surface area contributed by atoms with Crippen LogP contribution < -0.4 is 0 Å². The standard InChI is InChI=1S/C14H12BrNO4S/c1-9-3-2-6-16-12(9)8-21(19,20)13-7-10(14(17)18)4-5-11(13)15/h2-7H,8H2,1H3,(H,17,18). The summed E-state index contributed by atoms with van der Waals surface area (Å²) in [5, 5.41) is 8.98. The van der Waals surface area contributed by atoms with Crippen LogP contribution in [0.25, 0.3) is 0 Å². The molecule has 0 amide bonds. The highest BCUT2D eigenvalue weighted by Gasteiger charge is 2.21. The van der Waals surface area contributed by atoms with Gasteiger partial charge in [0.1, 0.15) is 0 Å². The fraction of sp³-hybridized carbons (Fsp3) is 0.143. The molecular weight excluding hydrogens is 358 g/mol. The van der Waals surface area contributed by atoms with Crippen LogP contribution in [0.4, 0.5) is 0 Å². The zero-order valence-electron chi connectivity index (χ0n) is 11.1. The lowest BCUT2D eigenvalue weighted by atomic mass is 10.2. The Bertz CT molecular complexity index is 802. The summed E-state index contributed by atoms with van der Waals surface area (Å²) in [7, 11) is -3.70. The minimum absolute atomic E-state index is 0.0487. The summed E-state index contributed by atoms with van der Waals surface area (Å²) in [6.07, 6.45) is 1.53. The third kappa shape index (κ3) is 3.48. The highest BCUT2D eigenvalue weighted by atomic mass is 79.9. The number of aromatic carboxylic acids is 1. The lowest BCUT2D eigenvalue weighted by Gasteiger charge is -2.09. The zero-order chi connectivity index (χ0) is 15.6. The van der Waals surface area contributed by atoms with Crippen molar-refractivity contribution in [2.75, 3.05) is 0 Å². The van der Waals surface area contributed by atoms with Crippen molar-refractivity contribution in [3.63, 3.8) is 0 Å². The molecule has 0 unspecified atom stereocenters. The van der Waals surface area contributed by atoms with Crippen molar-refractivity contribution in [2.24, 2.45) is 0 Å². The van der Waals surface area contributed by atoms with Crippen LogP contribution >= 0.6 is 15.9 Å². The molecule has 2 rings (SSSR count). The molecule has 110 valence electrons. The number of carbonyl (C=O) groups is 1. The van der Waals surface area contributed by atoms with Crippen molar-refractivity contribution >= 4 is 31.7 Å². The second kappa shape index (κ2) is 5.95. The van der Waals surface area contributed by atoms with E-state index in [9.17, 15) is 13.2 Å². The second-order valence-corrected chi connectivity index (χ2v) is 7.29. The average Bonchev–Trinajstić information content (AvgIpc) is 2.41. The summed E-state index contributed by atoms with van der Waals surface area (Å²) >= 11 is 3.15. The molecule has 0 bridgehead atoms. The number of hydrogen-bond acceptors (Lipinski definition) is 4. The Morgan fingerprint density at radius 3 is 2.67 bits per heavy atom. The predicted molar refractivity (Wildman–Crippen MR) is 81.0 cm³/mol. The molecule has 1 heterocycles. The normalized spacial score (nSPS) is 11.3.